The van der Waals surface area contributed by atoms with Gasteiger partial charge in [-0.25, -0.2) is 0 Å². The van der Waals surface area contributed by atoms with Crippen LogP contribution >= 0.6 is 12.4 Å². The number of hydrogen-bond acceptors (Lipinski definition) is 2. The SMILES string of the molecule is Cl.O=C1[C@H]2CCC[C@H]2Nc2ccccc2N1Cc1ccccc1. The molecule has 120 valence electrons. The van der Waals surface area contributed by atoms with Gasteiger partial charge in [0.2, 0.25) is 5.91 Å². The minimum atomic E-state index is 0. The maximum Gasteiger partial charge on any atom is 0.232 e. The number of hydrogen-bond donors (Lipinski definition) is 1. The molecule has 1 aliphatic carbocycles. The Morgan fingerprint density at radius 1 is 1.00 bits per heavy atom. The van der Waals surface area contributed by atoms with E-state index >= 15 is 0 Å². The topological polar surface area (TPSA) is 32.3 Å². The molecule has 2 aliphatic rings. The van der Waals surface area contributed by atoms with E-state index in [-0.39, 0.29) is 30.3 Å². The van der Waals surface area contributed by atoms with Crippen LogP contribution in [0, 0.1) is 5.92 Å². The number of benzene rings is 2. The lowest BCUT2D eigenvalue weighted by Gasteiger charge is -2.25. The summed E-state index contributed by atoms with van der Waals surface area (Å²) in [6.45, 7) is 0.640. The summed E-state index contributed by atoms with van der Waals surface area (Å²) in [5.41, 5.74) is 3.26. The minimum absolute atomic E-state index is 0. The summed E-state index contributed by atoms with van der Waals surface area (Å²) in [5.74, 6) is 0.375. The van der Waals surface area contributed by atoms with E-state index in [1.165, 1.54) is 5.56 Å². The Morgan fingerprint density at radius 2 is 1.74 bits per heavy atom. The van der Waals surface area contributed by atoms with E-state index in [0.29, 0.717) is 6.54 Å². The number of carbonyl (C=O) groups excluding carboxylic acids is 1. The first-order valence-electron chi connectivity index (χ1n) is 8.04. The van der Waals surface area contributed by atoms with Crippen LogP contribution in [0.4, 0.5) is 11.4 Å². The molecule has 1 amide bonds. The molecule has 0 radical (unpaired) electrons. The van der Waals surface area contributed by atoms with Crippen LogP contribution in [0.1, 0.15) is 24.8 Å². The number of nitrogens with one attached hydrogen (secondary N) is 1. The monoisotopic (exact) mass is 328 g/mol. The Hall–Kier alpha value is -2.00. The zero-order chi connectivity index (χ0) is 14.9. The smallest absolute Gasteiger partial charge is 0.232 e. The third-order valence-electron chi connectivity index (χ3n) is 4.82. The predicted octanol–water partition coefficient (Wildman–Crippen LogP) is 4.24. The van der Waals surface area contributed by atoms with Gasteiger partial charge in [0, 0.05) is 6.04 Å². The first-order chi connectivity index (χ1) is 10.8. The van der Waals surface area contributed by atoms with Gasteiger partial charge in [0.05, 0.1) is 23.8 Å². The molecule has 1 fully saturated rings. The van der Waals surface area contributed by atoms with Crippen molar-refractivity contribution in [3.05, 3.63) is 60.2 Å². The highest BCUT2D eigenvalue weighted by atomic mass is 35.5. The van der Waals surface area contributed by atoms with Gasteiger partial charge < -0.3 is 10.2 Å². The van der Waals surface area contributed by atoms with Crippen LogP contribution in [-0.4, -0.2) is 11.9 Å². The molecule has 1 heterocycles. The van der Waals surface area contributed by atoms with Crippen LogP contribution in [0.15, 0.2) is 54.6 Å². The summed E-state index contributed by atoms with van der Waals surface area (Å²) < 4.78 is 0. The van der Waals surface area contributed by atoms with Crippen LogP contribution in [0.2, 0.25) is 0 Å². The average molecular weight is 329 g/mol. The standard InChI is InChI=1S/C19H20N2O.ClH/c22-19-15-9-6-11-16(15)20-17-10-4-5-12-18(17)21(19)13-14-7-2-1-3-8-14;/h1-5,7-8,10,12,15-16,20H,6,9,11,13H2;1H/t15-,16+;/m0./s1. The Bertz CT molecular complexity index is 689. The van der Waals surface area contributed by atoms with Crippen LogP contribution in [-0.2, 0) is 11.3 Å². The van der Waals surface area contributed by atoms with Crippen molar-refractivity contribution in [2.24, 2.45) is 5.92 Å². The fraction of sp³-hybridized carbons (Fsp3) is 0.316. The van der Waals surface area contributed by atoms with Gasteiger partial charge >= 0.3 is 0 Å². The lowest BCUT2D eigenvalue weighted by Crippen LogP contribution is -2.38. The van der Waals surface area contributed by atoms with Crippen LogP contribution in [0.3, 0.4) is 0 Å². The van der Waals surface area contributed by atoms with E-state index in [2.05, 4.69) is 23.5 Å². The number of amides is 1. The summed E-state index contributed by atoms with van der Waals surface area (Å²) >= 11 is 0. The number of carbonyl (C=O) groups is 1. The van der Waals surface area contributed by atoms with Crippen molar-refractivity contribution < 1.29 is 4.79 Å². The lowest BCUT2D eigenvalue weighted by molar-refractivity contribution is -0.122. The number of halogens is 1. The summed E-state index contributed by atoms with van der Waals surface area (Å²) in [6, 6.07) is 18.7. The van der Waals surface area contributed by atoms with Crippen LogP contribution in [0.5, 0.6) is 0 Å². The first kappa shape index (κ1) is 15.9. The fourth-order valence-corrected chi connectivity index (χ4v) is 3.71. The number of fused-ring (bicyclic) bond motifs is 2. The van der Waals surface area contributed by atoms with E-state index in [0.717, 1.165) is 30.6 Å². The molecule has 2 aromatic rings. The van der Waals surface area contributed by atoms with E-state index in [1.807, 2.05) is 41.3 Å². The quantitative estimate of drug-likeness (QED) is 0.894. The van der Waals surface area contributed by atoms with E-state index < -0.39 is 0 Å². The Morgan fingerprint density at radius 3 is 2.57 bits per heavy atom. The molecule has 1 aliphatic heterocycles. The van der Waals surface area contributed by atoms with Crippen molar-refractivity contribution >= 4 is 29.7 Å². The maximum atomic E-state index is 13.1. The molecule has 0 aromatic heterocycles. The number of nitrogens with zero attached hydrogens (tertiary/aromatic N) is 1. The van der Waals surface area contributed by atoms with Gasteiger partial charge in [0.1, 0.15) is 0 Å². The van der Waals surface area contributed by atoms with Gasteiger partial charge in [0.15, 0.2) is 0 Å². The molecule has 3 nitrogen and oxygen atoms in total. The molecule has 0 saturated heterocycles. The van der Waals surface area contributed by atoms with E-state index in [4.69, 9.17) is 0 Å². The second-order valence-corrected chi connectivity index (χ2v) is 6.22. The summed E-state index contributed by atoms with van der Waals surface area (Å²) in [6.07, 6.45) is 3.22. The van der Waals surface area contributed by atoms with Crippen LogP contribution < -0.4 is 10.2 Å². The molecule has 2 aromatic carbocycles. The van der Waals surface area contributed by atoms with Crippen molar-refractivity contribution in [1.29, 1.82) is 0 Å². The molecular formula is C19H21ClN2O. The number of rotatable bonds is 2. The zero-order valence-electron chi connectivity index (χ0n) is 12.9. The van der Waals surface area contributed by atoms with E-state index in [1.54, 1.807) is 0 Å². The average Bonchev–Trinajstić information content (AvgIpc) is 2.98. The highest BCUT2D eigenvalue weighted by Gasteiger charge is 2.39. The molecule has 2 atom stereocenters. The van der Waals surface area contributed by atoms with Gasteiger partial charge in [-0.15, -0.1) is 12.4 Å². The van der Waals surface area contributed by atoms with Crippen molar-refractivity contribution in [3.8, 4) is 0 Å². The van der Waals surface area contributed by atoms with Crippen molar-refractivity contribution in [2.45, 2.75) is 31.8 Å². The molecule has 4 heteroatoms. The predicted molar refractivity (Wildman–Crippen MR) is 96.1 cm³/mol. The van der Waals surface area contributed by atoms with Crippen molar-refractivity contribution in [1.82, 2.24) is 0 Å². The maximum absolute atomic E-state index is 13.1. The largest absolute Gasteiger partial charge is 0.380 e. The Kier molecular flexibility index (Phi) is 4.58. The molecule has 0 unspecified atom stereocenters. The van der Waals surface area contributed by atoms with Gasteiger partial charge in [-0.2, -0.15) is 0 Å². The van der Waals surface area contributed by atoms with Crippen molar-refractivity contribution in [3.63, 3.8) is 0 Å². The molecule has 1 saturated carbocycles. The summed E-state index contributed by atoms with van der Waals surface area (Å²) in [7, 11) is 0. The highest BCUT2D eigenvalue weighted by molar-refractivity contribution is 6.00. The summed E-state index contributed by atoms with van der Waals surface area (Å²) in [4.78, 5) is 15.0. The molecule has 0 spiro atoms. The number of anilines is 2. The summed E-state index contributed by atoms with van der Waals surface area (Å²) in [5, 5.41) is 3.61. The van der Waals surface area contributed by atoms with E-state index in [9.17, 15) is 4.79 Å². The highest BCUT2D eigenvalue weighted by Crippen LogP contribution is 2.39. The number of para-hydroxylation sites is 2. The van der Waals surface area contributed by atoms with Gasteiger partial charge in [0.25, 0.3) is 0 Å². The van der Waals surface area contributed by atoms with Crippen molar-refractivity contribution in [2.75, 3.05) is 10.2 Å². The van der Waals surface area contributed by atoms with Gasteiger partial charge in [-0.05, 0) is 30.5 Å². The minimum Gasteiger partial charge on any atom is -0.380 e. The molecule has 4 rings (SSSR count). The van der Waals surface area contributed by atoms with Gasteiger partial charge in [-0.1, -0.05) is 48.9 Å². The Labute approximate surface area is 143 Å². The second-order valence-electron chi connectivity index (χ2n) is 6.22. The molecule has 23 heavy (non-hydrogen) atoms. The molecule has 1 N–H and O–H groups in total. The molecular weight excluding hydrogens is 308 g/mol. The normalized spacial score (nSPS) is 22.4. The Balaban J connectivity index is 0.00000156. The zero-order valence-corrected chi connectivity index (χ0v) is 13.8. The van der Waals surface area contributed by atoms with Crippen LogP contribution in [0.25, 0.3) is 0 Å². The second kappa shape index (κ2) is 6.63. The first-order valence-corrected chi connectivity index (χ1v) is 8.04. The fourth-order valence-electron chi connectivity index (χ4n) is 3.71. The third kappa shape index (κ3) is 2.93. The lowest BCUT2D eigenvalue weighted by atomic mass is 10.0. The van der Waals surface area contributed by atoms with Gasteiger partial charge in [-0.3, -0.25) is 4.79 Å². The third-order valence-corrected chi connectivity index (χ3v) is 4.82. The molecule has 0 bridgehead atoms.